The fourth-order valence-electron chi connectivity index (χ4n) is 9.57. The predicted octanol–water partition coefficient (Wildman–Crippen LogP) is 15.5. The molecule has 2 nitrogen and oxygen atoms in total. The summed E-state index contributed by atoms with van der Waals surface area (Å²) >= 11 is 0. The van der Waals surface area contributed by atoms with Gasteiger partial charge in [-0.05, 0) is 96.9 Å². The maximum Gasteiger partial charge on any atom is 0.135 e. The number of furan rings is 1. The lowest BCUT2D eigenvalue weighted by atomic mass is 9.80. The molecular weight excluding hydrogens is 715 g/mol. The van der Waals surface area contributed by atoms with E-state index in [0.717, 1.165) is 27.6 Å². The van der Waals surface area contributed by atoms with Crippen molar-refractivity contribution in [1.82, 2.24) is 4.57 Å². The Morgan fingerprint density at radius 1 is 0.322 bits per heavy atom. The minimum Gasteiger partial charge on any atom is -0.456 e. The van der Waals surface area contributed by atoms with E-state index >= 15 is 0 Å². The molecule has 59 heavy (non-hydrogen) atoms. The van der Waals surface area contributed by atoms with E-state index in [-0.39, 0.29) is 5.92 Å². The third kappa shape index (κ3) is 5.49. The number of nitrogens with zero attached hydrogens (tertiary/aromatic N) is 1. The third-order valence-electron chi connectivity index (χ3n) is 12.3. The zero-order valence-corrected chi connectivity index (χ0v) is 32.2. The van der Waals surface area contributed by atoms with Crippen LogP contribution in [0, 0.1) is 0 Å². The molecule has 2 aromatic heterocycles. The van der Waals surface area contributed by atoms with Crippen LogP contribution in [0.3, 0.4) is 0 Å². The average Bonchev–Trinajstić information content (AvgIpc) is 3.84. The van der Waals surface area contributed by atoms with Crippen LogP contribution in [0.4, 0.5) is 0 Å². The Hall–Kier alpha value is -7.68. The second-order valence-corrected chi connectivity index (χ2v) is 15.6. The molecule has 0 fully saturated rings. The lowest BCUT2D eigenvalue weighted by molar-refractivity contribution is 0.669. The molecule has 276 valence electrons. The van der Waals surface area contributed by atoms with Crippen molar-refractivity contribution in [1.29, 1.82) is 0 Å². The van der Waals surface area contributed by atoms with Crippen molar-refractivity contribution in [2.24, 2.45) is 0 Å². The van der Waals surface area contributed by atoms with Crippen LogP contribution >= 0.6 is 0 Å². The zero-order chi connectivity index (χ0) is 38.9. The van der Waals surface area contributed by atoms with Gasteiger partial charge in [-0.25, -0.2) is 0 Å². The maximum atomic E-state index is 6.20. The highest BCUT2D eigenvalue weighted by molar-refractivity contribution is 6.11. The first-order chi connectivity index (χ1) is 29.2. The molecule has 12 aromatic rings. The van der Waals surface area contributed by atoms with E-state index in [9.17, 15) is 0 Å². The van der Waals surface area contributed by atoms with E-state index in [0.29, 0.717) is 0 Å². The fraction of sp³-hybridized carbons (Fsp3) is 0.0175. The molecule has 0 atom stereocenters. The van der Waals surface area contributed by atoms with Gasteiger partial charge < -0.3 is 8.98 Å². The number of hydrogen-bond acceptors (Lipinski definition) is 1. The molecule has 0 aliphatic carbocycles. The SMILES string of the molecule is c1cc(-c2ccc(-c3ccc4c5ccccc5n(-c5ccc6oc7ccccc7c6c5)c4c3)cc2)cc(C(c2cccc3ccccc23)c2cccc3ccccc23)c1. The van der Waals surface area contributed by atoms with Crippen LogP contribution < -0.4 is 0 Å². The van der Waals surface area contributed by atoms with Crippen molar-refractivity contribution in [2.45, 2.75) is 5.92 Å². The molecule has 0 spiro atoms. The number of benzene rings is 10. The molecule has 0 aliphatic rings. The van der Waals surface area contributed by atoms with E-state index < -0.39 is 0 Å². The number of fused-ring (bicyclic) bond motifs is 8. The van der Waals surface area contributed by atoms with Gasteiger partial charge in [0, 0.05) is 33.2 Å². The number of hydrogen-bond donors (Lipinski definition) is 0. The van der Waals surface area contributed by atoms with Crippen molar-refractivity contribution < 1.29 is 4.42 Å². The molecule has 2 heterocycles. The monoisotopic (exact) mass is 751 g/mol. The van der Waals surface area contributed by atoms with Crippen LogP contribution in [0.1, 0.15) is 22.6 Å². The van der Waals surface area contributed by atoms with E-state index in [1.54, 1.807) is 0 Å². The molecule has 0 amide bonds. The summed E-state index contributed by atoms with van der Waals surface area (Å²) in [5, 5.41) is 9.83. The van der Waals surface area contributed by atoms with Gasteiger partial charge in [-0.2, -0.15) is 0 Å². The Bertz CT molecular complexity index is 3480. The molecule has 0 bridgehead atoms. The van der Waals surface area contributed by atoms with Gasteiger partial charge in [-0.15, -0.1) is 0 Å². The van der Waals surface area contributed by atoms with Crippen molar-refractivity contribution in [3.8, 4) is 27.9 Å². The minimum atomic E-state index is 0.0536. The summed E-state index contributed by atoms with van der Waals surface area (Å²) in [5.74, 6) is 0.0536. The topological polar surface area (TPSA) is 18.1 Å². The summed E-state index contributed by atoms with van der Waals surface area (Å²) in [5.41, 5.74) is 14.0. The second-order valence-electron chi connectivity index (χ2n) is 15.6. The molecule has 10 aromatic carbocycles. The Labute approximate surface area is 341 Å². The van der Waals surface area contributed by atoms with Crippen molar-refractivity contribution in [3.63, 3.8) is 0 Å². The smallest absolute Gasteiger partial charge is 0.135 e. The average molecular weight is 752 g/mol. The highest BCUT2D eigenvalue weighted by Gasteiger charge is 2.22. The molecule has 0 saturated carbocycles. The first kappa shape index (κ1) is 33.5. The highest BCUT2D eigenvalue weighted by atomic mass is 16.3. The predicted molar refractivity (Wildman–Crippen MR) is 248 cm³/mol. The summed E-state index contributed by atoms with van der Waals surface area (Å²) in [6.07, 6.45) is 0. The van der Waals surface area contributed by atoms with Gasteiger partial charge in [0.2, 0.25) is 0 Å². The molecule has 0 radical (unpaired) electrons. The quantitative estimate of drug-likeness (QED) is 0.155. The second kappa shape index (κ2) is 13.5. The normalized spacial score (nSPS) is 11.9. The molecule has 0 N–H and O–H groups in total. The summed E-state index contributed by atoms with van der Waals surface area (Å²) in [6, 6.07) is 79.7. The number of aromatic nitrogens is 1. The summed E-state index contributed by atoms with van der Waals surface area (Å²) in [6.45, 7) is 0. The van der Waals surface area contributed by atoms with Gasteiger partial charge in [0.15, 0.2) is 0 Å². The lowest BCUT2D eigenvalue weighted by Crippen LogP contribution is -2.05. The van der Waals surface area contributed by atoms with Crippen LogP contribution in [-0.2, 0) is 0 Å². The van der Waals surface area contributed by atoms with Crippen molar-refractivity contribution >= 4 is 65.3 Å². The fourth-order valence-corrected chi connectivity index (χ4v) is 9.57. The minimum absolute atomic E-state index is 0.0536. The molecule has 0 aliphatic heterocycles. The Morgan fingerprint density at radius 2 is 0.864 bits per heavy atom. The standard InChI is InChI=1S/C57H37NO/c1-3-18-45-39(12-1)14-10-22-50(45)57(51-23-11-15-40-13-2-4-19-46(40)51)43-17-9-16-41(34-43)37-26-28-38(29-27-37)42-30-32-48-47-20-5-7-24-53(47)58(54(48)35-42)44-31-33-56-52(36-44)49-21-6-8-25-55(49)59-56/h1-36,57H. The third-order valence-corrected chi connectivity index (χ3v) is 12.3. The molecule has 0 unspecified atom stereocenters. The Kier molecular flexibility index (Phi) is 7.64. The largest absolute Gasteiger partial charge is 0.456 e. The van der Waals surface area contributed by atoms with E-state index in [2.05, 4.69) is 211 Å². The summed E-state index contributed by atoms with van der Waals surface area (Å²) in [7, 11) is 0. The first-order valence-electron chi connectivity index (χ1n) is 20.4. The van der Waals surface area contributed by atoms with Crippen LogP contribution in [0.15, 0.2) is 223 Å². The van der Waals surface area contributed by atoms with Gasteiger partial charge in [-0.1, -0.05) is 182 Å². The highest BCUT2D eigenvalue weighted by Crippen LogP contribution is 2.41. The Balaban J connectivity index is 0.952. The van der Waals surface area contributed by atoms with Gasteiger partial charge in [0.25, 0.3) is 0 Å². The van der Waals surface area contributed by atoms with Gasteiger partial charge in [0.05, 0.1) is 11.0 Å². The Morgan fingerprint density at radius 3 is 1.59 bits per heavy atom. The first-order valence-corrected chi connectivity index (χ1v) is 20.4. The van der Waals surface area contributed by atoms with Crippen molar-refractivity contribution in [2.75, 3.05) is 0 Å². The van der Waals surface area contributed by atoms with Crippen LogP contribution in [0.2, 0.25) is 0 Å². The summed E-state index contributed by atoms with van der Waals surface area (Å²) < 4.78 is 8.60. The molecular formula is C57H37NO. The summed E-state index contributed by atoms with van der Waals surface area (Å²) in [4.78, 5) is 0. The lowest BCUT2D eigenvalue weighted by Gasteiger charge is -2.23. The molecule has 0 saturated heterocycles. The maximum absolute atomic E-state index is 6.20. The zero-order valence-electron chi connectivity index (χ0n) is 32.2. The van der Waals surface area contributed by atoms with E-state index in [1.807, 2.05) is 12.1 Å². The van der Waals surface area contributed by atoms with Gasteiger partial charge in [-0.3, -0.25) is 0 Å². The molecule has 12 rings (SSSR count). The van der Waals surface area contributed by atoms with E-state index in [4.69, 9.17) is 4.42 Å². The van der Waals surface area contributed by atoms with Crippen LogP contribution in [-0.4, -0.2) is 4.57 Å². The van der Waals surface area contributed by atoms with Crippen molar-refractivity contribution in [3.05, 3.63) is 235 Å². The van der Waals surface area contributed by atoms with Crippen LogP contribution in [0.5, 0.6) is 0 Å². The van der Waals surface area contributed by atoms with Crippen LogP contribution in [0.25, 0.3) is 93.2 Å². The number of para-hydroxylation sites is 2. The van der Waals surface area contributed by atoms with Gasteiger partial charge >= 0.3 is 0 Å². The van der Waals surface area contributed by atoms with Gasteiger partial charge in [0.1, 0.15) is 11.2 Å². The van der Waals surface area contributed by atoms with E-state index in [1.165, 1.54) is 82.3 Å². The molecule has 2 heteroatoms. The number of rotatable bonds is 6.